The smallest absolute Gasteiger partial charge is 0.180 e. The first-order valence-electron chi connectivity index (χ1n) is 6.45. The van der Waals surface area contributed by atoms with Gasteiger partial charge in [-0.25, -0.2) is 9.97 Å². The predicted octanol–water partition coefficient (Wildman–Crippen LogP) is 3.48. The summed E-state index contributed by atoms with van der Waals surface area (Å²) in [7, 11) is 0. The SMILES string of the molecule is Brc1ccc2c(c1)CCN2c1ccc2nccnc2n1. The van der Waals surface area contributed by atoms with Gasteiger partial charge in [0.15, 0.2) is 5.65 Å². The highest BCUT2D eigenvalue weighted by molar-refractivity contribution is 9.10. The first-order chi connectivity index (χ1) is 9.81. The molecule has 0 saturated heterocycles. The van der Waals surface area contributed by atoms with Gasteiger partial charge in [-0.1, -0.05) is 15.9 Å². The van der Waals surface area contributed by atoms with Crippen molar-refractivity contribution >= 4 is 38.6 Å². The molecule has 3 aromatic rings. The summed E-state index contributed by atoms with van der Waals surface area (Å²) in [5, 5.41) is 0. The highest BCUT2D eigenvalue weighted by Crippen LogP contribution is 2.35. The molecule has 0 spiro atoms. The average molecular weight is 327 g/mol. The summed E-state index contributed by atoms with van der Waals surface area (Å²) in [5.41, 5.74) is 4.09. The fraction of sp³-hybridized carbons (Fsp3) is 0.133. The van der Waals surface area contributed by atoms with Crippen molar-refractivity contribution in [1.82, 2.24) is 15.0 Å². The van der Waals surface area contributed by atoms with Gasteiger partial charge >= 0.3 is 0 Å². The summed E-state index contributed by atoms with van der Waals surface area (Å²) in [4.78, 5) is 15.4. The van der Waals surface area contributed by atoms with Crippen LogP contribution in [0.3, 0.4) is 0 Å². The van der Waals surface area contributed by atoms with Crippen LogP contribution in [0.4, 0.5) is 11.5 Å². The number of hydrogen-bond donors (Lipinski definition) is 0. The molecule has 4 rings (SSSR count). The Kier molecular flexibility index (Phi) is 2.67. The van der Waals surface area contributed by atoms with Gasteiger partial charge in [0.2, 0.25) is 0 Å². The molecule has 5 heteroatoms. The van der Waals surface area contributed by atoms with Crippen LogP contribution in [-0.4, -0.2) is 21.5 Å². The number of fused-ring (bicyclic) bond motifs is 2. The monoisotopic (exact) mass is 326 g/mol. The zero-order chi connectivity index (χ0) is 13.5. The van der Waals surface area contributed by atoms with Crippen molar-refractivity contribution < 1.29 is 0 Å². The quantitative estimate of drug-likeness (QED) is 0.686. The van der Waals surface area contributed by atoms with Crippen LogP contribution in [0.2, 0.25) is 0 Å². The molecule has 0 N–H and O–H groups in total. The number of benzene rings is 1. The summed E-state index contributed by atoms with van der Waals surface area (Å²) >= 11 is 3.52. The van der Waals surface area contributed by atoms with Gasteiger partial charge in [0.05, 0.1) is 0 Å². The number of nitrogens with zero attached hydrogens (tertiary/aromatic N) is 4. The van der Waals surface area contributed by atoms with E-state index in [-0.39, 0.29) is 0 Å². The summed E-state index contributed by atoms with van der Waals surface area (Å²) in [6, 6.07) is 10.4. The second-order valence-corrected chi connectivity index (χ2v) is 5.66. The Balaban J connectivity index is 1.81. The molecule has 0 atom stereocenters. The molecule has 20 heavy (non-hydrogen) atoms. The Bertz CT molecular complexity index is 803. The molecule has 0 saturated carbocycles. The molecule has 1 aromatic carbocycles. The Hall–Kier alpha value is -2.01. The summed E-state index contributed by atoms with van der Waals surface area (Å²) in [6.07, 6.45) is 4.40. The summed E-state index contributed by atoms with van der Waals surface area (Å²) in [6.45, 7) is 0.949. The minimum Gasteiger partial charge on any atom is -0.326 e. The van der Waals surface area contributed by atoms with Gasteiger partial charge in [0.25, 0.3) is 0 Å². The third-order valence-electron chi connectivity index (χ3n) is 3.53. The van der Waals surface area contributed by atoms with E-state index in [0.717, 1.165) is 28.8 Å². The molecular formula is C15H11BrN4. The number of halogens is 1. The summed E-state index contributed by atoms with van der Waals surface area (Å²) in [5.74, 6) is 0.930. The molecule has 0 bridgehead atoms. The minimum absolute atomic E-state index is 0.690. The normalized spacial score (nSPS) is 13.8. The number of aromatic nitrogens is 3. The lowest BCUT2D eigenvalue weighted by atomic mass is 10.2. The van der Waals surface area contributed by atoms with Gasteiger partial charge in [0.1, 0.15) is 11.3 Å². The van der Waals surface area contributed by atoms with Gasteiger partial charge in [-0.3, -0.25) is 4.98 Å². The largest absolute Gasteiger partial charge is 0.326 e. The van der Waals surface area contributed by atoms with Crippen molar-refractivity contribution in [2.45, 2.75) is 6.42 Å². The molecule has 98 valence electrons. The first kappa shape index (κ1) is 11.8. The molecule has 0 amide bonds. The van der Waals surface area contributed by atoms with E-state index in [9.17, 15) is 0 Å². The van der Waals surface area contributed by atoms with Gasteiger partial charge in [-0.2, -0.15) is 0 Å². The molecule has 3 heterocycles. The molecule has 0 radical (unpaired) electrons. The Morgan fingerprint density at radius 3 is 2.90 bits per heavy atom. The van der Waals surface area contributed by atoms with Crippen molar-refractivity contribution in [3.05, 3.63) is 52.8 Å². The maximum absolute atomic E-state index is 4.62. The van der Waals surface area contributed by atoms with E-state index in [2.05, 4.69) is 54.0 Å². The second kappa shape index (κ2) is 4.52. The van der Waals surface area contributed by atoms with Crippen molar-refractivity contribution in [1.29, 1.82) is 0 Å². The third kappa shape index (κ3) is 1.86. The van der Waals surface area contributed by atoms with Crippen LogP contribution in [0.25, 0.3) is 11.2 Å². The maximum Gasteiger partial charge on any atom is 0.180 e. The Morgan fingerprint density at radius 1 is 1.05 bits per heavy atom. The lowest BCUT2D eigenvalue weighted by Crippen LogP contribution is -2.14. The van der Waals surface area contributed by atoms with Gasteiger partial charge < -0.3 is 4.90 Å². The molecule has 4 nitrogen and oxygen atoms in total. The fourth-order valence-electron chi connectivity index (χ4n) is 2.60. The van der Waals surface area contributed by atoms with Crippen LogP contribution in [0.15, 0.2) is 47.2 Å². The van der Waals surface area contributed by atoms with Crippen LogP contribution in [0.5, 0.6) is 0 Å². The van der Waals surface area contributed by atoms with E-state index in [1.54, 1.807) is 12.4 Å². The predicted molar refractivity (Wildman–Crippen MR) is 82.2 cm³/mol. The lowest BCUT2D eigenvalue weighted by Gasteiger charge is -2.18. The Morgan fingerprint density at radius 2 is 1.95 bits per heavy atom. The van der Waals surface area contributed by atoms with E-state index in [0.29, 0.717) is 5.65 Å². The number of anilines is 2. The molecule has 2 aromatic heterocycles. The second-order valence-electron chi connectivity index (χ2n) is 4.74. The maximum atomic E-state index is 4.62. The Labute approximate surface area is 124 Å². The van der Waals surface area contributed by atoms with Crippen molar-refractivity contribution in [2.75, 3.05) is 11.4 Å². The van der Waals surface area contributed by atoms with Crippen LogP contribution in [0.1, 0.15) is 5.56 Å². The van der Waals surface area contributed by atoms with E-state index < -0.39 is 0 Å². The van der Waals surface area contributed by atoms with Gasteiger partial charge in [0, 0.05) is 29.1 Å². The van der Waals surface area contributed by atoms with Crippen LogP contribution in [-0.2, 0) is 6.42 Å². The first-order valence-corrected chi connectivity index (χ1v) is 7.24. The van der Waals surface area contributed by atoms with E-state index >= 15 is 0 Å². The molecule has 0 fully saturated rings. The van der Waals surface area contributed by atoms with E-state index in [1.165, 1.54) is 11.3 Å². The topological polar surface area (TPSA) is 41.9 Å². The zero-order valence-corrected chi connectivity index (χ0v) is 12.2. The molecule has 1 aliphatic heterocycles. The molecule has 1 aliphatic rings. The summed E-state index contributed by atoms with van der Waals surface area (Å²) < 4.78 is 1.12. The number of rotatable bonds is 1. The third-order valence-corrected chi connectivity index (χ3v) is 4.02. The van der Waals surface area contributed by atoms with Crippen LogP contribution >= 0.6 is 15.9 Å². The van der Waals surface area contributed by atoms with Crippen LogP contribution in [0, 0.1) is 0 Å². The van der Waals surface area contributed by atoms with E-state index in [4.69, 9.17) is 0 Å². The highest BCUT2D eigenvalue weighted by atomic mass is 79.9. The van der Waals surface area contributed by atoms with Crippen molar-refractivity contribution in [3.63, 3.8) is 0 Å². The average Bonchev–Trinajstić information content (AvgIpc) is 2.89. The minimum atomic E-state index is 0.690. The molecular weight excluding hydrogens is 316 g/mol. The van der Waals surface area contributed by atoms with Gasteiger partial charge in [-0.15, -0.1) is 0 Å². The number of hydrogen-bond acceptors (Lipinski definition) is 4. The van der Waals surface area contributed by atoms with Crippen LogP contribution < -0.4 is 4.90 Å². The van der Waals surface area contributed by atoms with Crippen molar-refractivity contribution in [2.24, 2.45) is 0 Å². The fourth-order valence-corrected chi connectivity index (χ4v) is 3.01. The van der Waals surface area contributed by atoms with Gasteiger partial charge in [-0.05, 0) is 42.3 Å². The van der Waals surface area contributed by atoms with Crippen molar-refractivity contribution in [3.8, 4) is 0 Å². The lowest BCUT2D eigenvalue weighted by molar-refractivity contribution is 0.976. The standard InChI is InChI=1S/C15H11BrN4/c16-11-1-3-13-10(9-11)5-8-20(13)14-4-2-12-15(19-14)18-7-6-17-12/h1-4,6-7,9H,5,8H2. The molecule has 0 aliphatic carbocycles. The number of pyridine rings is 1. The highest BCUT2D eigenvalue weighted by Gasteiger charge is 2.21. The van der Waals surface area contributed by atoms with E-state index in [1.807, 2.05) is 12.1 Å². The molecule has 0 unspecified atom stereocenters. The zero-order valence-electron chi connectivity index (χ0n) is 10.6.